The number of ether oxygens (including phenoxy) is 2. The molecule has 95 valence electrons. The molecule has 0 aromatic heterocycles. The third kappa shape index (κ3) is 3.33. The maximum atomic E-state index is 5.44. The molecule has 0 spiro atoms. The Morgan fingerprint density at radius 2 is 1.83 bits per heavy atom. The van der Waals surface area contributed by atoms with Crippen LogP contribution in [0.3, 0.4) is 0 Å². The number of para-hydroxylation sites is 1. The molecule has 0 saturated carbocycles. The van der Waals surface area contributed by atoms with Crippen molar-refractivity contribution in [1.82, 2.24) is 0 Å². The van der Waals surface area contributed by atoms with Crippen LogP contribution in [0.1, 0.15) is 12.0 Å². The Balaban J connectivity index is 0.00000144. The summed E-state index contributed by atoms with van der Waals surface area (Å²) in [6.45, 7) is 0. The third-order valence-corrected chi connectivity index (χ3v) is 3.36. The van der Waals surface area contributed by atoms with Gasteiger partial charge in [0, 0.05) is 0 Å². The molecule has 18 heavy (non-hydrogen) atoms. The second-order valence-corrected chi connectivity index (χ2v) is 4.48. The van der Waals surface area contributed by atoms with E-state index in [2.05, 4.69) is 38.7 Å². The van der Waals surface area contributed by atoms with Crippen molar-refractivity contribution >= 4 is 5.57 Å². The molecule has 1 aliphatic rings. The van der Waals surface area contributed by atoms with Crippen LogP contribution in [-0.2, 0) is 20.4 Å². The fourth-order valence-electron chi connectivity index (χ4n) is 1.86. The zero-order valence-corrected chi connectivity index (χ0v) is 13.2. The number of benzene rings is 1. The predicted octanol–water partition coefficient (Wildman–Crippen LogP) is -3.07. The van der Waals surface area contributed by atoms with E-state index in [1.807, 2.05) is 12.1 Å². The quantitative estimate of drug-likeness (QED) is 0.551. The van der Waals surface area contributed by atoms with Gasteiger partial charge in [-0.05, 0) is 0 Å². The number of methoxy groups -OCH3 is 2. The monoisotopic (exact) mass is 319 g/mol. The van der Waals surface area contributed by atoms with Crippen molar-refractivity contribution in [3.8, 4) is 11.5 Å². The molecule has 0 saturated heterocycles. The molecule has 0 N–H and O–H groups in total. The van der Waals surface area contributed by atoms with E-state index in [-0.39, 0.29) is 24.8 Å². The first-order valence-electron chi connectivity index (χ1n) is 5.10. The number of hydrogen-bond acceptors (Lipinski definition) is 2. The van der Waals surface area contributed by atoms with Gasteiger partial charge < -0.3 is 24.8 Å². The van der Waals surface area contributed by atoms with Gasteiger partial charge in [0.2, 0.25) is 0 Å². The van der Waals surface area contributed by atoms with Crippen molar-refractivity contribution in [3.05, 3.63) is 39.8 Å². The summed E-state index contributed by atoms with van der Waals surface area (Å²) >= 11 is 2.15. The molecule has 0 fully saturated rings. The average molecular weight is 320 g/mol. The summed E-state index contributed by atoms with van der Waals surface area (Å²) < 4.78 is 12.1. The molecule has 1 aromatic carbocycles. The normalized spacial score (nSPS) is 12.9. The molecule has 0 bridgehead atoms. The first-order valence-corrected chi connectivity index (χ1v) is 5.88. The number of allylic oxidation sites excluding steroid dienone is 4. The van der Waals surface area contributed by atoms with Gasteiger partial charge in [0.25, 0.3) is 0 Å². The summed E-state index contributed by atoms with van der Waals surface area (Å²) in [5, 5.41) is 0. The number of hydrogen-bond donors (Lipinski definition) is 0. The molecule has 0 unspecified atom stereocenters. The minimum absolute atomic E-state index is 0. The van der Waals surface area contributed by atoms with E-state index in [0.717, 1.165) is 23.5 Å². The summed E-state index contributed by atoms with van der Waals surface area (Å²) in [4.78, 5) is 0. The average Bonchev–Trinajstić information content (AvgIpc) is 2.74. The van der Waals surface area contributed by atoms with Crippen molar-refractivity contribution < 1.29 is 54.7 Å². The molecule has 0 atom stereocenters. The molecule has 0 radical (unpaired) electrons. The first-order chi connectivity index (χ1) is 7.77. The Hall–Kier alpha value is -0.406. The molecule has 0 heterocycles. The Morgan fingerprint density at radius 1 is 1.11 bits per heavy atom. The van der Waals surface area contributed by atoms with Crippen molar-refractivity contribution in [2.75, 3.05) is 14.2 Å². The van der Waals surface area contributed by atoms with Gasteiger partial charge >= 0.3 is 107 Å². The molecule has 2 nitrogen and oxygen atoms in total. The zero-order valence-electron chi connectivity index (χ0n) is 10.2. The molecular weight excluding hydrogens is 307 g/mol. The molecular formula is C13H13Cl2O2Ti. The Morgan fingerprint density at radius 3 is 2.33 bits per heavy atom. The summed E-state index contributed by atoms with van der Waals surface area (Å²) in [7, 11) is 3.34. The van der Waals surface area contributed by atoms with E-state index in [1.165, 1.54) is 9.45 Å². The molecule has 0 aliphatic heterocycles. The van der Waals surface area contributed by atoms with Gasteiger partial charge in [-0.25, -0.2) is 0 Å². The van der Waals surface area contributed by atoms with Gasteiger partial charge in [-0.1, -0.05) is 0 Å². The van der Waals surface area contributed by atoms with E-state index in [9.17, 15) is 0 Å². The number of rotatable bonds is 3. The summed E-state index contributed by atoms with van der Waals surface area (Å²) in [6.07, 6.45) is 5.34. The van der Waals surface area contributed by atoms with E-state index in [0.29, 0.717) is 0 Å². The first kappa shape index (κ1) is 17.6. The van der Waals surface area contributed by atoms with E-state index >= 15 is 0 Å². The Labute approximate surface area is 132 Å². The summed E-state index contributed by atoms with van der Waals surface area (Å²) in [6, 6.07) is 5.97. The SMILES string of the molecule is COc1cccc(C2=[C]([Ti+2])CC=C2)c1OC.[Cl-].[Cl-]. The van der Waals surface area contributed by atoms with Crippen LogP contribution in [0.2, 0.25) is 0 Å². The van der Waals surface area contributed by atoms with Crippen LogP contribution in [0.4, 0.5) is 0 Å². The second-order valence-electron chi connectivity index (χ2n) is 3.54. The molecule has 0 amide bonds. The van der Waals surface area contributed by atoms with Crippen LogP contribution < -0.4 is 34.3 Å². The van der Waals surface area contributed by atoms with Crippen molar-refractivity contribution in [3.63, 3.8) is 0 Å². The van der Waals surface area contributed by atoms with Crippen LogP contribution in [0, 0.1) is 0 Å². The Bertz CT molecular complexity index is 470. The van der Waals surface area contributed by atoms with Gasteiger partial charge in [0.1, 0.15) is 0 Å². The summed E-state index contributed by atoms with van der Waals surface area (Å²) in [5.74, 6) is 1.59. The minimum atomic E-state index is 0. The van der Waals surface area contributed by atoms with E-state index in [1.54, 1.807) is 14.2 Å². The predicted molar refractivity (Wildman–Crippen MR) is 60.2 cm³/mol. The fraction of sp³-hybridized carbons (Fsp3) is 0.231. The standard InChI is InChI=1S/C13H13O2.2ClH.Ti/c1-14-12-9-5-8-11(13(12)15-2)10-6-3-4-7-10;;;/h3,5-6,8-9H,4H2,1-2H3;2*1H;/q;;;+2/p-2. The van der Waals surface area contributed by atoms with Crippen LogP contribution in [0.5, 0.6) is 11.5 Å². The van der Waals surface area contributed by atoms with E-state index < -0.39 is 0 Å². The maximum Gasteiger partial charge on any atom is -1.00 e. The maximum absolute atomic E-state index is 5.44. The summed E-state index contributed by atoms with van der Waals surface area (Å²) in [5.41, 5.74) is 2.35. The second kappa shape index (κ2) is 7.90. The molecule has 5 heteroatoms. The van der Waals surface area contributed by atoms with Crippen LogP contribution in [0.25, 0.3) is 5.57 Å². The van der Waals surface area contributed by atoms with Crippen LogP contribution in [-0.4, -0.2) is 14.2 Å². The largest absolute Gasteiger partial charge is 1.00 e. The van der Waals surface area contributed by atoms with Gasteiger partial charge in [-0.2, -0.15) is 0 Å². The van der Waals surface area contributed by atoms with E-state index in [4.69, 9.17) is 9.47 Å². The van der Waals surface area contributed by atoms with Crippen LogP contribution >= 0.6 is 0 Å². The van der Waals surface area contributed by atoms with Gasteiger partial charge in [-0.3, -0.25) is 0 Å². The van der Waals surface area contributed by atoms with Crippen LogP contribution in [0.15, 0.2) is 34.2 Å². The van der Waals surface area contributed by atoms with Crippen molar-refractivity contribution in [1.29, 1.82) is 0 Å². The van der Waals surface area contributed by atoms with Gasteiger partial charge in [0.05, 0.1) is 0 Å². The number of halogens is 2. The minimum Gasteiger partial charge on any atom is -1.00 e. The Kier molecular flexibility index (Phi) is 7.73. The van der Waals surface area contributed by atoms with Crippen molar-refractivity contribution in [2.45, 2.75) is 6.42 Å². The smallest absolute Gasteiger partial charge is 1.00 e. The zero-order chi connectivity index (χ0) is 11.5. The molecule has 1 aromatic rings. The van der Waals surface area contributed by atoms with Gasteiger partial charge in [0.15, 0.2) is 0 Å². The van der Waals surface area contributed by atoms with Gasteiger partial charge in [-0.15, -0.1) is 0 Å². The molecule has 2 rings (SSSR count). The fourth-order valence-corrected chi connectivity index (χ4v) is 2.38. The third-order valence-electron chi connectivity index (χ3n) is 2.62. The topological polar surface area (TPSA) is 18.5 Å². The molecule has 1 aliphatic carbocycles. The van der Waals surface area contributed by atoms with Crippen molar-refractivity contribution in [2.24, 2.45) is 0 Å².